The second-order valence-electron chi connectivity index (χ2n) is 4.41. The van der Waals surface area contributed by atoms with Gasteiger partial charge in [0.1, 0.15) is 0 Å². The zero-order chi connectivity index (χ0) is 13.7. The number of pyridine rings is 1. The predicted octanol–water partition coefficient (Wildman–Crippen LogP) is 2.75. The standard InChI is InChI=1S/C14H18N4S/c1-3-11(15)13(12-6-4-5-7-16-12)19-14-17-8-10(2)9-18-14/h4-9,11,13H,3,15H2,1-2H3. The molecule has 2 rings (SSSR count). The summed E-state index contributed by atoms with van der Waals surface area (Å²) in [6.07, 6.45) is 6.33. The maximum Gasteiger partial charge on any atom is 0.188 e. The smallest absolute Gasteiger partial charge is 0.188 e. The summed E-state index contributed by atoms with van der Waals surface area (Å²) in [5, 5.41) is 0.819. The molecule has 2 heterocycles. The molecular formula is C14H18N4S. The van der Waals surface area contributed by atoms with Gasteiger partial charge in [0.2, 0.25) is 0 Å². The maximum absolute atomic E-state index is 6.21. The van der Waals surface area contributed by atoms with E-state index in [0.29, 0.717) is 0 Å². The Morgan fingerprint density at radius 3 is 2.53 bits per heavy atom. The molecule has 0 amide bonds. The number of aromatic nitrogens is 3. The summed E-state index contributed by atoms with van der Waals surface area (Å²) in [6, 6.07) is 5.92. The molecule has 2 aromatic rings. The van der Waals surface area contributed by atoms with E-state index < -0.39 is 0 Å². The highest BCUT2D eigenvalue weighted by molar-refractivity contribution is 7.99. The molecule has 0 aromatic carbocycles. The zero-order valence-corrected chi connectivity index (χ0v) is 12.0. The van der Waals surface area contributed by atoms with Crippen molar-refractivity contribution in [1.29, 1.82) is 0 Å². The molecule has 2 atom stereocenters. The van der Waals surface area contributed by atoms with E-state index in [2.05, 4.69) is 21.9 Å². The van der Waals surface area contributed by atoms with Gasteiger partial charge in [0.15, 0.2) is 5.16 Å². The van der Waals surface area contributed by atoms with Gasteiger partial charge in [0.05, 0.1) is 10.9 Å². The minimum Gasteiger partial charge on any atom is -0.326 e. The lowest BCUT2D eigenvalue weighted by molar-refractivity contribution is 0.622. The Bertz CT molecular complexity index is 501. The highest BCUT2D eigenvalue weighted by Gasteiger charge is 2.22. The molecule has 0 aliphatic carbocycles. The van der Waals surface area contributed by atoms with E-state index in [1.165, 1.54) is 0 Å². The van der Waals surface area contributed by atoms with Crippen LogP contribution in [0.25, 0.3) is 0 Å². The molecule has 2 aromatic heterocycles. The number of rotatable bonds is 5. The zero-order valence-electron chi connectivity index (χ0n) is 11.2. The fourth-order valence-electron chi connectivity index (χ4n) is 1.68. The second-order valence-corrected chi connectivity index (χ2v) is 5.52. The Morgan fingerprint density at radius 2 is 1.95 bits per heavy atom. The van der Waals surface area contributed by atoms with E-state index in [4.69, 9.17) is 5.73 Å². The van der Waals surface area contributed by atoms with Crippen LogP contribution < -0.4 is 5.73 Å². The van der Waals surface area contributed by atoms with Crippen molar-refractivity contribution in [1.82, 2.24) is 15.0 Å². The topological polar surface area (TPSA) is 64.7 Å². The fraction of sp³-hybridized carbons (Fsp3) is 0.357. The van der Waals surface area contributed by atoms with Crippen molar-refractivity contribution in [2.75, 3.05) is 0 Å². The van der Waals surface area contributed by atoms with Crippen LogP contribution in [0.4, 0.5) is 0 Å². The van der Waals surface area contributed by atoms with Crippen LogP contribution in [0.15, 0.2) is 41.9 Å². The monoisotopic (exact) mass is 274 g/mol. The molecule has 0 radical (unpaired) electrons. The molecule has 19 heavy (non-hydrogen) atoms. The Balaban J connectivity index is 2.21. The van der Waals surface area contributed by atoms with Gasteiger partial charge in [-0.1, -0.05) is 24.8 Å². The summed E-state index contributed by atoms with van der Waals surface area (Å²) < 4.78 is 0. The molecule has 2 N–H and O–H groups in total. The van der Waals surface area contributed by atoms with E-state index in [1.807, 2.05) is 37.5 Å². The van der Waals surface area contributed by atoms with Gasteiger partial charge in [-0.25, -0.2) is 9.97 Å². The molecule has 2 unspecified atom stereocenters. The van der Waals surface area contributed by atoms with Crippen LogP contribution in [0.1, 0.15) is 29.9 Å². The van der Waals surface area contributed by atoms with Crippen molar-refractivity contribution in [2.24, 2.45) is 5.73 Å². The maximum atomic E-state index is 6.21. The molecule has 0 saturated heterocycles. The molecule has 5 heteroatoms. The van der Waals surface area contributed by atoms with E-state index in [1.54, 1.807) is 18.0 Å². The molecule has 0 aliphatic rings. The highest BCUT2D eigenvalue weighted by Crippen LogP contribution is 2.35. The first-order valence-corrected chi connectivity index (χ1v) is 7.20. The third kappa shape index (κ3) is 3.75. The number of thioether (sulfide) groups is 1. The van der Waals surface area contributed by atoms with Gasteiger partial charge in [0, 0.05) is 24.6 Å². The average Bonchev–Trinajstić information content (AvgIpc) is 2.47. The average molecular weight is 274 g/mol. The van der Waals surface area contributed by atoms with E-state index in [0.717, 1.165) is 22.8 Å². The normalized spacial score (nSPS) is 14.1. The third-order valence-corrected chi connectivity index (χ3v) is 4.10. The van der Waals surface area contributed by atoms with Crippen LogP contribution in [-0.2, 0) is 0 Å². The SMILES string of the molecule is CCC(N)C(Sc1ncc(C)cn1)c1ccccn1. The first-order valence-electron chi connectivity index (χ1n) is 6.32. The summed E-state index contributed by atoms with van der Waals surface area (Å²) in [5.74, 6) is 0. The van der Waals surface area contributed by atoms with E-state index in [-0.39, 0.29) is 11.3 Å². The molecule has 0 saturated carbocycles. The molecule has 0 spiro atoms. The van der Waals surface area contributed by atoms with E-state index >= 15 is 0 Å². The summed E-state index contributed by atoms with van der Waals surface area (Å²) in [5.41, 5.74) is 8.24. The van der Waals surface area contributed by atoms with Crippen LogP contribution in [-0.4, -0.2) is 21.0 Å². The first-order chi connectivity index (χ1) is 9.20. The molecule has 4 nitrogen and oxygen atoms in total. The largest absolute Gasteiger partial charge is 0.326 e. The highest BCUT2D eigenvalue weighted by atomic mass is 32.2. The van der Waals surface area contributed by atoms with Gasteiger partial charge >= 0.3 is 0 Å². The van der Waals surface area contributed by atoms with Gasteiger partial charge in [-0.2, -0.15) is 0 Å². The third-order valence-electron chi connectivity index (χ3n) is 2.83. The van der Waals surface area contributed by atoms with Crippen LogP contribution in [0.5, 0.6) is 0 Å². The lowest BCUT2D eigenvalue weighted by Gasteiger charge is -2.20. The van der Waals surface area contributed by atoms with Gasteiger partial charge in [-0.05, 0) is 31.0 Å². The van der Waals surface area contributed by atoms with Crippen molar-refractivity contribution in [2.45, 2.75) is 36.7 Å². The van der Waals surface area contributed by atoms with E-state index in [9.17, 15) is 0 Å². The van der Waals surface area contributed by atoms with Crippen molar-refractivity contribution < 1.29 is 0 Å². The van der Waals surface area contributed by atoms with Crippen molar-refractivity contribution in [3.63, 3.8) is 0 Å². The van der Waals surface area contributed by atoms with Gasteiger partial charge in [-0.3, -0.25) is 4.98 Å². The molecule has 0 bridgehead atoms. The molecule has 100 valence electrons. The van der Waals surface area contributed by atoms with Crippen molar-refractivity contribution >= 4 is 11.8 Å². The quantitative estimate of drug-likeness (QED) is 0.671. The number of hydrogen-bond acceptors (Lipinski definition) is 5. The lowest BCUT2D eigenvalue weighted by atomic mass is 10.1. The van der Waals surface area contributed by atoms with Crippen LogP contribution in [0.2, 0.25) is 0 Å². The second kappa shape index (κ2) is 6.63. The fourth-order valence-corrected chi connectivity index (χ4v) is 2.76. The number of aryl methyl sites for hydroxylation is 1. The van der Waals surface area contributed by atoms with Crippen LogP contribution >= 0.6 is 11.8 Å². The Morgan fingerprint density at radius 1 is 1.21 bits per heavy atom. The number of hydrogen-bond donors (Lipinski definition) is 1. The van der Waals surface area contributed by atoms with Gasteiger partial charge in [-0.15, -0.1) is 0 Å². The first kappa shape index (κ1) is 14.0. The Labute approximate surface area is 117 Å². The minimum atomic E-state index is 0.0322. The lowest BCUT2D eigenvalue weighted by Crippen LogP contribution is -2.26. The minimum absolute atomic E-state index is 0.0322. The molecule has 0 aliphatic heterocycles. The number of nitrogens with zero attached hydrogens (tertiary/aromatic N) is 3. The van der Waals surface area contributed by atoms with Crippen molar-refractivity contribution in [3.8, 4) is 0 Å². The Hall–Kier alpha value is -1.46. The van der Waals surface area contributed by atoms with Gasteiger partial charge < -0.3 is 5.73 Å². The summed E-state index contributed by atoms with van der Waals surface area (Å²) in [7, 11) is 0. The Kier molecular flexibility index (Phi) is 4.87. The van der Waals surface area contributed by atoms with Crippen molar-refractivity contribution in [3.05, 3.63) is 48.0 Å². The number of nitrogens with two attached hydrogens (primary N) is 1. The summed E-state index contributed by atoms with van der Waals surface area (Å²) in [6.45, 7) is 4.06. The van der Waals surface area contributed by atoms with Crippen LogP contribution in [0.3, 0.4) is 0 Å². The summed E-state index contributed by atoms with van der Waals surface area (Å²) >= 11 is 1.57. The molecular weight excluding hydrogens is 256 g/mol. The van der Waals surface area contributed by atoms with Crippen LogP contribution in [0, 0.1) is 6.92 Å². The predicted molar refractivity (Wildman–Crippen MR) is 77.9 cm³/mol. The summed E-state index contributed by atoms with van der Waals surface area (Å²) in [4.78, 5) is 13.1. The molecule has 0 fully saturated rings. The van der Waals surface area contributed by atoms with Gasteiger partial charge in [0.25, 0.3) is 0 Å².